The van der Waals surface area contributed by atoms with Gasteiger partial charge >= 0.3 is 6.03 Å². The van der Waals surface area contributed by atoms with Crippen LogP contribution in [0.2, 0.25) is 0 Å². The molecule has 0 unspecified atom stereocenters. The lowest BCUT2D eigenvalue weighted by Crippen LogP contribution is -2.41. The number of rotatable bonds is 5. The smallest absolute Gasteiger partial charge is 0.315 e. The lowest BCUT2D eigenvalue weighted by molar-refractivity contribution is 0.235. The summed E-state index contributed by atoms with van der Waals surface area (Å²) in [6.45, 7) is 0.501. The summed E-state index contributed by atoms with van der Waals surface area (Å²) in [6.07, 6.45) is 1.99. The second-order valence-electron chi connectivity index (χ2n) is 5.60. The number of ether oxygens (including phenoxy) is 1. The Morgan fingerprint density at radius 3 is 2.36 bits per heavy atom. The zero-order valence-corrected chi connectivity index (χ0v) is 12.6. The lowest BCUT2D eigenvalue weighted by Gasteiger charge is -2.18. The Morgan fingerprint density at radius 2 is 1.77 bits per heavy atom. The van der Waals surface area contributed by atoms with Gasteiger partial charge in [0, 0.05) is 6.54 Å². The topological polar surface area (TPSA) is 50.4 Å². The first-order chi connectivity index (χ1) is 10.7. The fourth-order valence-electron chi connectivity index (χ4n) is 2.56. The maximum absolute atomic E-state index is 12.1. The van der Waals surface area contributed by atoms with Gasteiger partial charge in [-0.2, -0.15) is 0 Å². The highest BCUT2D eigenvalue weighted by Crippen LogP contribution is 2.45. The van der Waals surface area contributed by atoms with Crippen LogP contribution >= 0.6 is 0 Å². The van der Waals surface area contributed by atoms with E-state index in [1.54, 1.807) is 7.11 Å². The normalized spacial score (nSPS) is 15.0. The van der Waals surface area contributed by atoms with Crippen LogP contribution in [0.1, 0.15) is 24.0 Å². The molecule has 0 bridgehead atoms. The van der Waals surface area contributed by atoms with Crippen LogP contribution in [0, 0.1) is 0 Å². The molecule has 1 saturated carbocycles. The number of nitrogens with one attached hydrogen (secondary N) is 2. The molecule has 4 nitrogen and oxygen atoms in total. The van der Waals surface area contributed by atoms with Crippen molar-refractivity contribution in [1.29, 1.82) is 0 Å². The first-order valence-electron chi connectivity index (χ1n) is 7.46. The zero-order chi connectivity index (χ0) is 15.4. The number of urea groups is 1. The summed E-state index contributed by atoms with van der Waals surface area (Å²) in [5.41, 5.74) is 2.04. The van der Waals surface area contributed by atoms with Crippen molar-refractivity contribution in [3.63, 3.8) is 0 Å². The molecule has 1 aliphatic rings. The largest absolute Gasteiger partial charge is 0.497 e. The third-order valence-corrected chi connectivity index (χ3v) is 4.04. The van der Waals surface area contributed by atoms with E-state index >= 15 is 0 Å². The molecule has 1 fully saturated rings. The predicted molar refractivity (Wildman–Crippen MR) is 85.7 cm³/mol. The summed E-state index contributed by atoms with van der Waals surface area (Å²) in [6, 6.07) is 17.7. The lowest BCUT2D eigenvalue weighted by atomic mass is 10.1. The van der Waals surface area contributed by atoms with Crippen molar-refractivity contribution in [3.8, 4) is 5.75 Å². The van der Waals surface area contributed by atoms with Gasteiger partial charge in [0.1, 0.15) is 5.75 Å². The maximum Gasteiger partial charge on any atom is 0.315 e. The summed E-state index contributed by atoms with van der Waals surface area (Å²) in [5.74, 6) is 0.814. The standard InChI is InChI=1S/C18H20N2O2/c1-22-16-9-7-14(8-10-16)13-19-17(21)20-18(11-12-18)15-5-3-2-4-6-15/h2-10H,11-13H2,1H3,(H2,19,20,21). The van der Waals surface area contributed by atoms with E-state index in [2.05, 4.69) is 22.8 Å². The molecule has 0 spiro atoms. The van der Waals surface area contributed by atoms with Gasteiger partial charge < -0.3 is 15.4 Å². The Kier molecular flexibility index (Phi) is 4.00. The number of carbonyl (C=O) groups excluding carboxylic acids is 1. The molecule has 114 valence electrons. The molecule has 3 rings (SSSR count). The fourth-order valence-corrected chi connectivity index (χ4v) is 2.56. The highest BCUT2D eigenvalue weighted by molar-refractivity contribution is 5.75. The number of hydrogen-bond acceptors (Lipinski definition) is 2. The molecule has 0 aromatic heterocycles. The minimum Gasteiger partial charge on any atom is -0.497 e. The van der Waals surface area contributed by atoms with Crippen LogP contribution in [0.15, 0.2) is 54.6 Å². The van der Waals surface area contributed by atoms with Crippen LogP contribution in [0.25, 0.3) is 0 Å². The summed E-state index contributed by atoms with van der Waals surface area (Å²) in [4.78, 5) is 12.1. The highest BCUT2D eigenvalue weighted by atomic mass is 16.5. The Labute approximate surface area is 130 Å². The minimum atomic E-state index is -0.175. The number of benzene rings is 2. The van der Waals surface area contributed by atoms with E-state index in [1.807, 2.05) is 42.5 Å². The Bertz CT molecular complexity index is 634. The number of methoxy groups -OCH3 is 1. The summed E-state index contributed by atoms with van der Waals surface area (Å²) >= 11 is 0. The molecule has 22 heavy (non-hydrogen) atoms. The van der Waals surface area contributed by atoms with Gasteiger partial charge in [0.25, 0.3) is 0 Å². The second-order valence-corrected chi connectivity index (χ2v) is 5.60. The van der Waals surface area contributed by atoms with Gasteiger partial charge in [-0.05, 0) is 36.1 Å². The van der Waals surface area contributed by atoms with Crippen molar-refractivity contribution in [1.82, 2.24) is 10.6 Å². The molecular formula is C18H20N2O2. The zero-order valence-electron chi connectivity index (χ0n) is 12.6. The van der Waals surface area contributed by atoms with E-state index in [0.717, 1.165) is 24.2 Å². The van der Waals surface area contributed by atoms with Crippen LogP contribution in [0.3, 0.4) is 0 Å². The van der Waals surface area contributed by atoms with Crippen molar-refractivity contribution < 1.29 is 9.53 Å². The summed E-state index contributed by atoms with van der Waals surface area (Å²) < 4.78 is 5.12. The summed E-state index contributed by atoms with van der Waals surface area (Å²) in [7, 11) is 1.64. The fraction of sp³-hybridized carbons (Fsp3) is 0.278. The molecule has 0 saturated heterocycles. The molecule has 0 aliphatic heterocycles. The minimum absolute atomic E-state index is 0.128. The first kappa shape index (κ1) is 14.4. The number of hydrogen-bond donors (Lipinski definition) is 2. The molecule has 1 aliphatic carbocycles. The molecule has 0 heterocycles. The molecule has 2 aromatic carbocycles. The average Bonchev–Trinajstić information content (AvgIpc) is 3.35. The molecular weight excluding hydrogens is 276 g/mol. The Morgan fingerprint density at radius 1 is 1.09 bits per heavy atom. The van der Waals surface area contributed by atoms with Crippen LogP contribution in [0.5, 0.6) is 5.75 Å². The highest BCUT2D eigenvalue weighted by Gasteiger charge is 2.45. The average molecular weight is 296 g/mol. The van der Waals surface area contributed by atoms with E-state index in [9.17, 15) is 4.79 Å². The van der Waals surface area contributed by atoms with Gasteiger partial charge in [-0.15, -0.1) is 0 Å². The predicted octanol–water partition coefficient (Wildman–Crippen LogP) is 3.18. The van der Waals surface area contributed by atoms with Crippen molar-refractivity contribution in [3.05, 3.63) is 65.7 Å². The van der Waals surface area contributed by atoms with E-state index in [-0.39, 0.29) is 11.6 Å². The van der Waals surface area contributed by atoms with Gasteiger partial charge in [0.15, 0.2) is 0 Å². The van der Waals surface area contributed by atoms with E-state index < -0.39 is 0 Å². The van der Waals surface area contributed by atoms with Crippen molar-refractivity contribution in [2.75, 3.05) is 7.11 Å². The van der Waals surface area contributed by atoms with Crippen LogP contribution in [-0.2, 0) is 12.1 Å². The third kappa shape index (κ3) is 3.22. The Hall–Kier alpha value is -2.49. The van der Waals surface area contributed by atoms with E-state index in [0.29, 0.717) is 6.54 Å². The number of amides is 2. The van der Waals surface area contributed by atoms with Crippen LogP contribution < -0.4 is 15.4 Å². The quantitative estimate of drug-likeness (QED) is 0.890. The molecule has 2 N–H and O–H groups in total. The first-order valence-corrected chi connectivity index (χ1v) is 7.46. The van der Waals surface area contributed by atoms with Gasteiger partial charge in [0.2, 0.25) is 0 Å². The van der Waals surface area contributed by atoms with Crippen molar-refractivity contribution in [2.24, 2.45) is 0 Å². The Balaban J connectivity index is 1.54. The van der Waals surface area contributed by atoms with Crippen molar-refractivity contribution in [2.45, 2.75) is 24.9 Å². The molecule has 2 aromatic rings. The molecule has 4 heteroatoms. The van der Waals surface area contributed by atoms with E-state index in [1.165, 1.54) is 5.56 Å². The second kappa shape index (κ2) is 6.10. The van der Waals surface area contributed by atoms with Gasteiger partial charge in [0.05, 0.1) is 12.6 Å². The summed E-state index contributed by atoms with van der Waals surface area (Å²) in [5, 5.41) is 6.01. The van der Waals surface area contributed by atoms with Gasteiger partial charge in [-0.3, -0.25) is 0 Å². The SMILES string of the molecule is COc1ccc(CNC(=O)NC2(c3ccccc3)CC2)cc1. The van der Waals surface area contributed by atoms with Crippen LogP contribution in [-0.4, -0.2) is 13.1 Å². The third-order valence-electron chi connectivity index (χ3n) is 4.04. The maximum atomic E-state index is 12.1. The van der Waals surface area contributed by atoms with E-state index in [4.69, 9.17) is 4.74 Å². The monoisotopic (exact) mass is 296 g/mol. The molecule has 0 radical (unpaired) electrons. The van der Waals surface area contributed by atoms with Crippen LogP contribution in [0.4, 0.5) is 4.79 Å². The number of carbonyl (C=O) groups is 1. The van der Waals surface area contributed by atoms with Crippen molar-refractivity contribution >= 4 is 6.03 Å². The van der Waals surface area contributed by atoms with Gasteiger partial charge in [-0.1, -0.05) is 42.5 Å². The van der Waals surface area contributed by atoms with Gasteiger partial charge in [-0.25, -0.2) is 4.79 Å². The molecule has 2 amide bonds. The molecule has 0 atom stereocenters.